The number of hydrogen-bond acceptors (Lipinski definition) is 5. The Morgan fingerprint density at radius 3 is 2.67 bits per heavy atom. The monoisotopic (exact) mass is 287 g/mol. The Morgan fingerprint density at radius 2 is 2.00 bits per heavy atom. The molecule has 0 aliphatic heterocycles. The number of nitrogens with two attached hydrogens (primary N) is 1. The van der Waals surface area contributed by atoms with Crippen molar-refractivity contribution >= 4 is 40.7 Å². The molecule has 0 aliphatic carbocycles. The molecule has 94 valence electrons. The molecule has 2 rings (SSSR count). The molecule has 0 saturated carbocycles. The SMILES string of the molecule is NNc1ncc(Cl)c(Nc2ccc(F)cc2Cl)n1. The van der Waals surface area contributed by atoms with Crippen molar-refractivity contribution in [1.82, 2.24) is 9.97 Å². The minimum Gasteiger partial charge on any atom is -0.338 e. The fraction of sp³-hybridized carbons (Fsp3) is 0. The van der Waals surface area contributed by atoms with Crippen LogP contribution in [-0.2, 0) is 0 Å². The van der Waals surface area contributed by atoms with E-state index in [1.807, 2.05) is 0 Å². The van der Waals surface area contributed by atoms with Gasteiger partial charge < -0.3 is 5.32 Å². The largest absolute Gasteiger partial charge is 0.338 e. The van der Waals surface area contributed by atoms with Gasteiger partial charge in [-0.1, -0.05) is 23.2 Å². The van der Waals surface area contributed by atoms with E-state index >= 15 is 0 Å². The van der Waals surface area contributed by atoms with Crippen molar-refractivity contribution in [2.24, 2.45) is 5.84 Å². The van der Waals surface area contributed by atoms with Crippen LogP contribution < -0.4 is 16.6 Å². The van der Waals surface area contributed by atoms with Gasteiger partial charge in [-0.2, -0.15) is 4.98 Å². The van der Waals surface area contributed by atoms with Gasteiger partial charge in [0.1, 0.15) is 10.8 Å². The van der Waals surface area contributed by atoms with E-state index in [0.29, 0.717) is 11.5 Å². The van der Waals surface area contributed by atoms with Gasteiger partial charge in [0.15, 0.2) is 5.82 Å². The number of nitrogens with zero attached hydrogens (tertiary/aromatic N) is 2. The summed E-state index contributed by atoms with van der Waals surface area (Å²) in [7, 11) is 0. The van der Waals surface area contributed by atoms with Crippen LogP contribution in [0, 0.1) is 5.82 Å². The summed E-state index contributed by atoms with van der Waals surface area (Å²) < 4.78 is 12.9. The zero-order valence-electron chi connectivity index (χ0n) is 8.92. The molecule has 0 aliphatic rings. The molecule has 0 saturated heterocycles. The third kappa shape index (κ3) is 2.79. The number of anilines is 3. The van der Waals surface area contributed by atoms with E-state index in [1.165, 1.54) is 24.4 Å². The van der Waals surface area contributed by atoms with Crippen LogP contribution in [0.2, 0.25) is 10.0 Å². The standard InChI is InChI=1S/C10H8Cl2FN5/c11-6-3-5(13)1-2-8(6)16-9-7(12)4-15-10(17-9)18-14/h1-4H,14H2,(H2,15,16,17,18). The number of aromatic nitrogens is 2. The van der Waals surface area contributed by atoms with Crippen LogP contribution in [0.15, 0.2) is 24.4 Å². The van der Waals surface area contributed by atoms with Gasteiger partial charge in [-0.3, -0.25) is 5.43 Å². The van der Waals surface area contributed by atoms with Gasteiger partial charge in [0.05, 0.1) is 16.9 Å². The molecule has 0 amide bonds. The number of hydrazine groups is 1. The number of nitrogens with one attached hydrogen (secondary N) is 2. The second-order valence-electron chi connectivity index (χ2n) is 3.28. The van der Waals surface area contributed by atoms with E-state index in [9.17, 15) is 4.39 Å². The Bertz CT molecular complexity index is 578. The smallest absolute Gasteiger partial charge is 0.239 e. The van der Waals surface area contributed by atoms with Crippen LogP contribution in [0.5, 0.6) is 0 Å². The Kier molecular flexibility index (Phi) is 3.81. The van der Waals surface area contributed by atoms with Crippen molar-refractivity contribution in [3.05, 3.63) is 40.3 Å². The molecule has 1 heterocycles. The predicted octanol–water partition coefficient (Wildman–Crippen LogP) is 2.95. The quantitative estimate of drug-likeness (QED) is 0.598. The lowest BCUT2D eigenvalue weighted by Gasteiger charge is -2.09. The molecular weight excluding hydrogens is 280 g/mol. The third-order valence-corrected chi connectivity index (χ3v) is 2.65. The van der Waals surface area contributed by atoms with Gasteiger partial charge in [-0.15, -0.1) is 0 Å². The first-order valence-corrected chi connectivity index (χ1v) is 5.57. The summed E-state index contributed by atoms with van der Waals surface area (Å²) in [6.45, 7) is 0. The summed E-state index contributed by atoms with van der Waals surface area (Å²) in [5.74, 6) is 5.27. The molecule has 0 radical (unpaired) electrons. The highest BCUT2D eigenvalue weighted by Gasteiger charge is 2.08. The highest BCUT2D eigenvalue weighted by atomic mass is 35.5. The number of benzene rings is 1. The zero-order valence-corrected chi connectivity index (χ0v) is 10.4. The van der Waals surface area contributed by atoms with Crippen molar-refractivity contribution in [3.63, 3.8) is 0 Å². The summed E-state index contributed by atoms with van der Waals surface area (Å²) >= 11 is 11.8. The maximum atomic E-state index is 12.9. The highest BCUT2D eigenvalue weighted by Crippen LogP contribution is 2.28. The van der Waals surface area contributed by atoms with Gasteiger partial charge in [-0.25, -0.2) is 15.2 Å². The fourth-order valence-corrected chi connectivity index (χ4v) is 1.60. The molecule has 2 aromatic rings. The molecule has 0 bridgehead atoms. The average molecular weight is 288 g/mol. The molecular formula is C10H8Cl2FN5. The Morgan fingerprint density at radius 1 is 1.22 bits per heavy atom. The molecule has 1 aromatic heterocycles. The summed E-state index contributed by atoms with van der Waals surface area (Å²) in [6.07, 6.45) is 1.38. The number of nitrogen functional groups attached to an aromatic ring is 1. The third-order valence-electron chi connectivity index (χ3n) is 2.06. The van der Waals surface area contributed by atoms with Crippen LogP contribution in [-0.4, -0.2) is 9.97 Å². The predicted molar refractivity (Wildman–Crippen MR) is 69.5 cm³/mol. The lowest BCUT2D eigenvalue weighted by molar-refractivity contribution is 0.628. The van der Waals surface area contributed by atoms with Crippen molar-refractivity contribution < 1.29 is 4.39 Å². The molecule has 0 fully saturated rings. The summed E-state index contributed by atoms with van der Waals surface area (Å²) in [5, 5.41) is 3.37. The van der Waals surface area contributed by atoms with Gasteiger partial charge in [0, 0.05) is 0 Å². The topological polar surface area (TPSA) is 75.9 Å². The van der Waals surface area contributed by atoms with Crippen molar-refractivity contribution in [1.29, 1.82) is 0 Å². The van der Waals surface area contributed by atoms with Crippen LogP contribution in [0.4, 0.5) is 21.8 Å². The Labute approximate surface area is 112 Å². The Balaban J connectivity index is 2.33. The molecule has 1 aromatic carbocycles. The maximum Gasteiger partial charge on any atom is 0.239 e. The van der Waals surface area contributed by atoms with Crippen LogP contribution in [0.3, 0.4) is 0 Å². The average Bonchev–Trinajstić information content (AvgIpc) is 2.35. The normalized spacial score (nSPS) is 10.2. The molecule has 18 heavy (non-hydrogen) atoms. The first-order valence-electron chi connectivity index (χ1n) is 4.81. The molecule has 0 atom stereocenters. The van der Waals surface area contributed by atoms with E-state index in [4.69, 9.17) is 29.0 Å². The van der Waals surface area contributed by atoms with Crippen LogP contribution in [0.1, 0.15) is 0 Å². The lowest BCUT2D eigenvalue weighted by Crippen LogP contribution is -2.11. The summed E-state index contributed by atoms with van der Waals surface area (Å²) in [5.41, 5.74) is 2.76. The highest BCUT2D eigenvalue weighted by molar-refractivity contribution is 6.34. The van der Waals surface area contributed by atoms with E-state index in [2.05, 4.69) is 20.7 Å². The Hall–Kier alpha value is -1.63. The van der Waals surface area contributed by atoms with E-state index < -0.39 is 5.82 Å². The molecule has 0 unspecified atom stereocenters. The van der Waals surface area contributed by atoms with Gasteiger partial charge >= 0.3 is 0 Å². The molecule has 8 heteroatoms. The zero-order chi connectivity index (χ0) is 13.1. The van der Waals surface area contributed by atoms with Crippen molar-refractivity contribution in [3.8, 4) is 0 Å². The molecule has 5 nitrogen and oxygen atoms in total. The number of rotatable bonds is 3. The van der Waals surface area contributed by atoms with Crippen molar-refractivity contribution in [2.75, 3.05) is 10.7 Å². The van der Waals surface area contributed by atoms with E-state index in [1.54, 1.807) is 0 Å². The lowest BCUT2D eigenvalue weighted by atomic mass is 10.3. The second-order valence-corrected chi connectivity index (χ2v) is 4.10. The van der Waals surface area contributed by atoms with Crippen molar-refractivity contribution in [2.45, 2.75) is 0 Å². The number of hydrogen-bond donors (Lipinski definition) is 3. The van der Waals surface area contributed by atoms with E-state index in [0.717, 1.165) is 0 Å². The maximum absolute atomic E-state index is 12.9. The van der Waals surface area contributed by atoms with Gasteiger partial charge in [0.25, 0.3) is 0 Å². The molecule has 0 spiro atoms. The number of halogens is 3. The van der Waals surface area contributed by atoms with E-state index in [-0.39, 0.29) is 16.0 Å². The first kappa shape index (κ1) is 12.8. The fourth-order valence-electron chi connectivity index (χ4n) is 1.24. The summed E-state index contributed by atoms with van der Waals surface area (Å²) in [6, 6.07) is 3.93. The summed E-state index contributed by atoms with van der Waals surface area (Å²) in [4.78, 5) is 7.83. The van der Waals surface area contributed by atoms with Crippen LogP contribution >= 0.6 is 23.2 Å². The second kappa shape index (κ2) is 5.34. The van der Waals surface area contributed by atoms with Gasteiger partial charge in [-0.05, 0) is 18.2 Å². The van der Waals surface area contributed by atoms with Gasteiger partial charge in [0.2, 0.25) is 5.95 Å². The van der Waals surface area contributed by atoms with Crippen LogP contribution in [0.25, 0.3) is 0 Å². The minimum atomic E-state index is -0.427. The minimum absolute atomic E-state index is 0.195. The first-order chi connectivity index (χ1) is 8.60. The molecule has 4 N–H and O–H groups in total.